The van der Waals surface area contributed by atoms with Gasteiger partial charge in [-0.1, -0.05) is 36.5 Å². The molecule has 0 aliphatic rings. The number of aromatic nitrogens is 2. The van der Waals surface area contributed by atoms with Gasteiger partial charge in [-0.2, -0.15) is 0 Å². The fourth-order valence-corrected chi connectivity index (χ4v) is 3.44. The highest BCUT2D eigenvalue weighted by atomic mass is 35.5. The standard InChI is InChI=1S/C18H20Cl2N2O2/c1-3-13(12(2)22-11-21-9-15(22)10-23)4-7-18(24)16-6-5-14(19)8-17(16)20/h5-6,8-13H,3-4,7H2,1-2H3. The van der Waals surface area contributed by atoms with Gasteiger partial charge in [0.1, 0.15) is 5.69 Å². The molecule has 2 atom stereocenters. The predicted octanol–water partition coefficient (Wildman–Crippen LogP) is 5.25. The number of imidazole rings is 1. The van der Waals surface area contributed by atoms with E-state index in [1.807, 2.05) is 11.5 Å². The first kappa shape index (κ1) is 18.7. The van der Waals surface area contributed by atoms with Gasteiger partial charge in [0.05, 0.1) is 17.5 Å². The van der Waals surface area contributed by atoms with E-state index in [2.05, 4.69) is 11.9 Å². The molecule has 1 aromatic carbocycles. The summed E-state index contributed by atoms with van der Waals surface area (Å²) in [6.07, 6.45) is 6.03. The quantitative estimate of drug-likeness (QED) is 0.473. The molecule has 0 saturated heterocycles. The number of rotatable bonds is 8. The van der Waals surface area contributed by atoms with Crippen molar-refractivity contribution >= 4 is 35.3 Å². The molecule has 0 aliphatic carbocycles. The van der Waals surface area contributed by atoms with Crippen LogP contribution in [0.15, 0.2) is 30.7 Å². The minimum Gasteiger partial charge on any atom is -0.325 e. The van der Waals surface area contributed by atoms with Crippen molar-refractivity contribution in [1.29, 1.82) is 0 Å². The van der Waals surface area contributed by atoms with E-state index < -0.39 is 0 Å². The van der Waals surface area contributed by atoms with Crippen molar-refractivity contribution in [3.63, 3.8) is 0 Å². The van der Waals surface area contributed by atoms with Crippen LogP contribution < -0.4 is 0 Å². The van der Waals surface area contributed by atoms with Crippen molar-refractivity contribution in [3.05, 3.63) is 52.0 Å². The molecule has 0 aliphatic heterocycles. The molecule has 0 radical (unpaired) electrons. The first-order valence-electron chi connectivity index (χ1n) is 7.93. The second-order valence-corrected chi connectivity index (χ2v) is 6.68. The zero-order chi connectivity index (χ0) is 17.7. The smallest absolute Gasteiger partial charge is 0.168 e. The second kappa shape index (κ2) is 8.45. The van der Waals surface area contributed by atoms with Gasteiger partial charge < -0.3 is 4.57 Å². The van der Waals surface area contributed by atoms with Gasteiger partial charge in [0.15, 0.2) is 12.1 Å². The van der Waals surface area contributed by atoms with Gasteiger partial charge in [0.2, 0.25) is 0 Å². The zero-order valence-electron chi connectivity index (χ0n) is 13.7. The number of Topliss-reactive ketones (excluding diaryl/α,β-unsaturated/α-hetero) is 1. The van der Waals surface area contributed by atoms with Gasteiger partial charge in [-0.15, -0.1) is 0 Å². The minimum atomic E-state index is 0.00330. The van der Waals surface area contributed by atoms with Gasteiger partial charge >= 0.3 is 0 Å². The van der Waals surface area contributed by atoms with Crippen LogP contribution >= 0.6 is 23.2 Å². The Morgan fingerprint density at radius 2 is 2.12 bits per heavy atom. The maximum atomic E-state index is 12.4. The molecule has 4 nitrogen and oxygen atoms in total. The Balaban J connectivity index is 2.05. The maximum Gasteiger partial charge on any atom is 0.168 e. The summed E-state index contributed by atoms with van der Waals surface area (Å²) in [5.74, 6) is 0.261. The van der Waals surface area contributed by atoms with Gasteiger partial charge in [0.25, 0.3) is 0 Å². The van der Waals surface area contributed by atoms with Crippen LogP contribution in [-0.2, 0) is 0 Å². The summed E-state index contributed by atoms with van der Waals surface area (Å²) in [5, 5.41) is 0.893. The Morgan fingerprint density at radius 1 is 1.38 bits per heavy atom. The van der Waals surface area contributed by atoms with Crippen molar-refractivity contribution in [3.8, 4) is 0 Å². The highest BCUT2D eigenvalue weighted by molar-refractivity contribution is 6.36. The van der Waals surface area contributed by atoms with Crippen LogP contribution in [0.1, 0.15) is 60.0 Å². The normalized spacial score (nSPS) is 13.5. The molecular weight excluding hydrogens is 347 g/mol. The minimum absolute atomic E-state index is 0.00330. The number of carbonyl (C=O) groups excluding carboxylic acids is 2. The Bertz CT molecular complexity index is 728. The summed E-state index contributed by atoms with van der Waals surface area (Å²) in [4.78, 5) is 27.5. The van der Waals surface area contributed by atoms with Crippen molar-refractivity contribution < 1.29 is 9.59 Å². The average Bonchev–Trinajstić information content (AvgIpc) is 3.03. The Morgan fingerprint density at radius 3 is 2.75 bits per heavy atom. The molecule has 128 valence electrons. The van der Waals surface area contributed by atoms with E-state index in [0.717, 1.165) is 12.7 Å². The lowest BCUT2D eigenvalue weighted by Crippen LogP contribution is -2.18. The van der Waals surface area contributed by atoms with Crippen LogP contribution in [0.2, 0.25) is 10.0 Å². The van der Waals surface area contributed by atoms with E-state index in [-0.39, 0.29) is 17.7 Å². The van der Waals surface area contributed by atoms with Crippen molar-refractivity contribution in [2.75, 3.05) is 0 Å². The molecule has 0 spiro atoms. The first-order chi connectivity index (χ1) is 11.5. The van der Waals surface area contributed by atoms with Gasteiger partial charge in [-0.05, 0) is 37.5 Å². The molecule has 2 aromatic rings. The lowest BCUT2D eigenvalue weighted by atomic mass is 9.90. The Kier molecular flexibility index (Phi) is 6.58. The first-order valence-corrected chi connectivity index (χ1v) is 8.68. The van der Waals surface area contributed by atoms with E-state index in [4.69, 9.17) is 23.2 Å². The largest absolute Gasteiger partial charge is 0.325 e. The van der Waals surface area contributed by atoms with Crippen molar-refractivity contribution in [1.82, 2.24) is 9.55 Å². The second-order valence-electron chi connectivity index (χ2n) is 5.84. The summed E-state index contributed by atoms with van der Waals surface area (Å²) in [6.45, 7) is 4.13. The summed E-state index contributed by atoms with van der Waals surface area (Å²) >= 11 is 12.0. The lowest BCUT2D eigenvalue weighted by molar-refractivity contribution is 0.0967. The molecule has 0 saturated carbocycles. The summed E-state index contributed by atoms with van der Waals surface area (Å²) in [6, 6.07) is 5.00. The van der Waals surface area contributed by atoms with Crippen LogP contribution in [0.5, 0.6) is 0 Å². The summed E-state index contributed by atoms with van der Waals surface area (Å²) in [7, 11) is 0. The predicted molar refractivity (Wildman–Crippen MR) is 96.1 cm³/mol. The number of hydrogen-bond donors (Lipinski definition) is 0. The van der Waals surface area contributed by atoms with Gasteiger partial charge in [-0.25, -0.2) is 4.98 Å². The third kappa shape index (κ3) is 4.25. The maximum absolute atomic E-state index is 12.4. The molecule has 1 heterocycles. The number of halogens is 2. The molecule has 2 unspecified atom stereocenters. The summed E-state index contributed by atoms with van der Waals surface area (Å²) < 4.78 is 1.86. The molecule has 0 bridgehead atoms. The number of benzene rings is 1. The van der Waals surface area contributed by atoms with E-state index in [9.17, 15) is 9.59 Å². The number of aldehydes is 1. The van der Waals surface area contributed by atoms with Crippen LogP contribution in [0.25, 0.3) is 0 Å². The molecule has 0 fully saturated rings. The van der Waals surface area contributed by atoms with Crippen LogP contribution in [0, 0.1) is 5.92 Å². The van der Waals surface area contributed by atoms with E-state index in [0.29, 0.717) is 34.1 Å². The molecule has 24 heavy (non-hydrogen) atoms. The van der Waals surface area contributed by atoms with Crippen LogP contribution in [0.4, 0.5) is 0 Å². The molecule has 0 N–H and O–H groups in total. The molecule has 6 heteroatoms. The van der Waals surface area contributed by atoms with Crippen LogP contribution in [0.3, 0.4) is 0 Å². The topological polar surface area (TPSA) is 52.0 Å². The van der Waals surface area contributed by atoms with Crippen LogP contribution in [-0.4, -0.2) is 21.6 Å². The number of nitrogens with zero attached hydrogens (tertiary/aromatic N) is 2. The van der Waals surface area contributed by atoms with E-state index >= 15 is 0 Å². The van der Waals surface area contributed by atoms with Gasteiger partial charge in [-0.3, -0.25) is 9.59 Å². The zero-order valence-corrected chi connectivity index (χ0v) is 15.2. The Labute approximate surface area is 151 Å². The lowest BCUT2D eigenvalue weighted by Gasteiger charge is -2.24. The highest BCUT2D eigenvalue weighted by Gasteiger charge is 2.21. The third-order valence-electron chi connectivity index (χ3n) is 4.44. The fourth-order valence-electron chi connectivity index (χ4n) is 2.93. The van der Waals surface area contributed by atoms with Crippen molar-refractivity contribution in [2.24, 2.45) is 5.92 Å². The number of carbonyl (C=O) groups is 2. The molecule has 1 aromatic heterocycles. The summed E-state index contributed by atoms with van der Waals surface area (Å²) in [5.41, 5.74) is 1.05. The van der Waals surface area contributed by atoms with Crippen molar-refractivity contribution in [2.45, 2.75) is 39.2 Å². The third-order valence-corrected chi connectivity index (χ3v) is 4.98. The molecular formula is C18H20Cl2N2O2. The number of ketones is 1. The monoisotopic (exact) mass is 366 g/mol. The van der Waals surface area contributed by atoms with E-state index in [1.165, 1.54) is 0 Å². The Hall–Kier alpha value is -1.65. The fraction of sp³-hybridized carbons (Fsp3) is 0.389. The SMILES string of the molecule is CCC(CCC(=O)c1ccc(Cl)cc1Cl)C(C)n1cncc1C=O. The highest BCUT2D eigenvalue weighted by Crippen LogP contribution is 2.28. The van der Waals surface area contributed by atoms with E-state index in [1.54, 1.807) is 30.7 Å². The molecule has 2 rings (SSSR count). The average molecular weight is 367 g/mol. The molecule has 0 amide bonds. The number of hydrogen-bond acceptors (Lipinski definition) is 3. The van der Waals surface area contributed by atoms with Gasteiger partial charge in [0, 0.05) is 23.0 Å².